The first kappa shape index (κ1) is 9.53. The molecule has 1 atom stereocenters. The number of nitrogens with one attached hydrogen (secondary N) is 1. The zero-order valence-corrected chi connectivity index (χ0v) is 8.50. The molecular weight excluding hydrogens is 172 g/mol. The van der Waals surface area contributed by atoms with Gasteiger partial charge in [-0.25, -0.2) is 0 Å². The lowest BCUT2D eigenvalue weighted by Gasteiger charge is -2.16. The smallest absolute Gasteiger partial charge is 0.0321 e. The summed E-state index contributed by atoms with van der Waals surface area (Å²) in [5.41, 5.74) is 7.99. The summed E-state index contributed by atoms with van der Waals surface area (Å²) in [6.07, 6.45) is 5.22. The van der Waals surface area contributed by atoms with E-state index in [9.17, 15) is 0 Å². The molecule has 0 amide bonds. The minimum absolute atomic E-state index is 0.515. The van der Waals surface area contributed by atoms with Crippen molar-refractivity contribution in [2.75, 3.05) is 12.3 Å². The summed E-state index contributed by atoms with van der Waals surface area (Å²) in [7, 11) is 0. The van der Waals surface area contributed by atoms with Gasteiger partial charge in [-0.3, -0.25) is 0 Å². The van der Waals surface area contributed by atoms with E-state index >= 15 is 0 Å². The van der Waals surface area contributed by atoms with Crippen molar-refractivity contribution in [3.05, 3.63) is 29.8 Å². The van der Waals surface area contributed by atoms with Crippen LogP contribution < -0.4 is 11.1 Å². The Morgan fingerprint density at radius 1 is 1.21 bits per heavy atom. The zero-order chi connectivity index (χ0) is 9.80. The second-order valence-electron chi connectivity index (χ2n) is 4.03. The maximum atomic E-state index is 5.78. The lowest BCUT2D eigenvalue weighted by atomic mass is 10.0. The van der Waals surface area contributed by atoms with Crippen LogP contribution in [-0.2, 0) is 0 Å². The van der Waals surface area contributed by atoms with Gasteiger partial charge in [-0.2, -0.15) is 0 Å². The average Bonchev–Trinajstić information content (AvgIpc) is 2.45. The fraction of sp³-hybridized carbons (Fsp3) is 0.500. The number of anilines is 1. The van der Waals surface area contributed by atoms with Crippen LogP contribution in [0.15, 0.2) is 24.3 Å². The van der Waals surface area contributed by atoms with Gasteiger partial charge in [-0.15, -0.1) is 0 Å². The van der Waals surface area contributed by atoms with Crippen molar-refractivity contribution >= 4 is 5.69 Å². The Balaban J connectivity index is 2.12. The molecule has 0 saturated carbocycles. The third kappa shape index (κ3) is 2.26. The second-order valence-corrected chi connectivity index (χ2v) is 4.03. The van der Waals surface area contributed by atoms with Crippen molar-refractivity contribution in [2.24, 2.45) is 0 Å². The molecule has 0 spiro atoms. The van der Waals surface area contributed by atoms with Gasteiger partial charge in [0.2, 0.25) is 0 Å². The Bertz CT molecular complexity index is 288. The van der Waals surface area contributed by atoms with Gasteiger partial charge in [-0.1, -0.05) is 25.0 Å². The summed E-state index contributed by atoms with van der Waals surface area (Å²) < 4.78 is 0. The highest BCUT2D eigenvalue weighted by atomic mass is 14.9. The SMILES string of the molecule is Nc1cccc(C2CCCCCN2)c1. The van der Waals surface area contributed by atoms with E-state index in [1.165, 1.54) is 31.2 Å². The molecule has 1 aromatic carbocycles. The average molecular weight is 190 g/mol. The molecule has 1 fully saturated rings. The third-order valence-electron chi connectivity index (χ3n) is 2.87. The highest BCUT2D eigenvalue weighted by molar-refractivity contribution is 5.41. The number of rotatable bonds is 1. The summed E-state index contributed by atoms with van der Waals surface area (Å²) in [5.74, 6) is 0. The monoisotopic (exact) mass is 190 g/mol. The van der Waals surface area contributed by atoms with E-state index in [0.717, 1.165) is 12.2 Å². The molecule has 1 aliphatic heterocycles. The molecule has 3 N–H and O–H groups in total. The van der Waals surface area contributed by atoms with Gasteiger partial charge in [-0.05, 0) is 37.1 Å². The Morgan fingerprint density at radius 3 is 3.00 bits per heavy atom. The maximum absolute atomic E-state index is 5.78. The summed E-state index contributed by atoms with van der Waals surface area (Å²) in [4.78, 5) is 0. The number of hydrogen-bond donors (Lipinski definition) is 2. The molecule has 2 nitrogen and oxygen atoms in total. The normalized spacial score (nSPS) is 23.0. The Labute approximate surface area is 85.5 Å². The molecule has 1 unspecified atom stereocenters. The van der Waals surface area contributed by atoms with Crippen molar-refractivity contribution in [2.45, 2.75) is 31.7 Å². The quantitative estimate of drug-likeness (QED) is 0.668. The highest BCUT2D eigenvalue weighted by Crippen LogP contribution is 2.23. The van der Waals surface area contributed by atoms with E-state index in [4.69, 9.17) is 5.73 Å². The molecule has 14 heavy (non-hydrogen) atoms. The molecule has 1 heterocycles. The van der Waals surface area contributed by atoms with Gasteiger partial charge < -0.3 is 11.1 Å². The fourth-order valence-corrected chi connectivity index (χ4v) is 2.09. The van der Waals surface area contributed by atoms with Gasteiger partial charge in [0.15, 0.2) is 0 Å². The molecule has 1 aliphatic rings. The summed E-state index contributed by atoms with van der Waals surface area (Å²) in [6.45, 7) is 1.14. The maximum Gasteiger partial charge on any atom is 0.0321 e. The van der Waals surface area contributed by atoms with E-state index in [-0.39, 0.29) is 0 Å². The minimum Gasteiger partial charge on any atom is -0.399 e. The molecule has 0 aliphatic carbocycles. The fourth-order valence-electron chi connectivity index (χ4n) is 2.09. The Kier molecular flexibility index (Phi) is 3.04. The Morgan fingerprint density at radius 2 is 2.14 bits per heavy atom. The van der Waals surface area contributed by atoms with E-state index in [1.54, 1.807) is 0 Å². The second kappa shape index (κ2) is 4.47. The Hall–Kier alpha value is -1.02. The van der Waals surface area contributed by atoms with Crippen LogP contribution in [0.2, 0.25) is 0 Å². The van der Waals surface area contributed by atoms with Crippen molar-refractivity contribution in [1.82, 2.24) is 5.32 Å². The molecule has 0 radical (unpaired) electrons. The van der Waals surface area contributed by atoms with Crippen molar-refractivity contribution in [3.63, 3.8) is 0 Å². The molecular formula is C12H18N2. The van der Waals surface area contributed by atoms with Crippen LogP contribution in [-0.4, -0.2) is 6.54 Å². The van der Waals surface area contributed by atoms with Crippen LogP contribution in [0.3, 0.4) is 0 Å². The summed E-state index contributed by atoms with van der Waals surface area (Å²) >= 11 is 0. The molecule has 1 saturated heterocycles. The summed E-state index contributed by atoms with van der Waals surface area (Å²) in [6, 6.07) is 8.75. The lowest BCUT2D eigenvalue weighted by Crippen LogP contribution is -2.20. The number of hydrogen-bond acceptors (Lipinski definition) is 2. The highest BCUT2D eigenvalue weighted by Gasteiger charge is 2.12. The minimum atomic E-state index is 0.515. The topological polar surface area (TPSA) is 38.0 Å². The molecule has 2 rings (SSSR count). The first-order chi connectivity index (χ1) is 6.86. The van der Waals surface area contributed by atoms with Crippen LogP contribution in [0.5, 0.6) is 0 Å². The van der Waals surface area contributed by atoms with E-state index < -0.39 is 0 Å². The first-order valence-electron chi connectivity index (χ1n) is 5.45. The first-order valence-corrected chi connectivity index (χ1v) is 5.45. The van der Waals surface area contributed by atoms with Gasteiger partial charge in [0, 0.05) is 11.7 Å². The summed E-state index contributed by atoms with van der Waals surface area (Å²) in [5, 5.41) is 3.57. The van der Waals surface area contributed by atoms with Crippen molar-refractivity contribution in [1.29, 1.82) is 0 Å². The van der Waals surface area contributed by atoms with Gasteiger partial charge in [0.1, 0.15) is 0 Å². The lowest BCUT2D eigenvalue weighted by molar-refractivity contribution is 0.535. The van der Waals surface area contributed by atoms with Gasteiger partial charge >= 0.3 is 0 Å². The van der Waals surface area contributed by atoms with Crippen LogP contribution in [0.4, 0.5) is 5.69 Å². The standard InChI is InChI=1S/C12H18N2/c13-11-6-4-5-10(9-11)12-7-2-1-3-8-14-12/h4-6,9,12,14H,1-3,7-8,13H2. The molecule has 0 bridgehead atoms. The van der Waals surface area contributed by atoms with Gasteiger partial charge in [0.05, 0.1) is 0 Å². The van der Waals surface area contributed by atoms with E-state index in [1.807, 2.05) is 12.1 Å². The van der Waals surface area contributed by atoms with E-state index in [0.29, 0.717) is 6.04 Å². The molecule has 0 aromatic heterocycles. The van der Waals surface area contributed by atoms with Crippen molar-refractivity contribution < 1.29 is 0 Å². The largest absolute Gasteiger partial charge is 0.399 e. The third-order valence-corrected chi connectivity index (χ3v) is 2.87. The van der Waals surface area contributed by atoms with Crippen LogP contribution in [0.25, 0.3) is 0 Å². The number of nitrogen functional groups attached to an aromatic ring is 1. The van der Waals surface area contributed by atoms with Gasteiger partial charge in [0.25, 0.3) is 0 Å². The van der Waals surface area contributed by atoms with E-state index in [2.05, 4.69) is 17.4 Å². The van der Waals surface area contributed by atoms with Crippen LogP contribution in [0.1, 0.15) is 37.3 Å². The van der Waals surface area contributed by atoms with Crippen LogP contribution >= 0.6 is 0 Å². The predicted molar refractivity (Wildman–Crippen MR) is 60.1 cm³/mol. The van der Waals surface area contributed by atoms with Crippen molar-refractivity contribution in [3.8, 4) is 0 Å². The number of nitrogens with two attached hydrogens (primary N) is 1. The zero-order valence-electron chi connectivity index (χ0n) is 8.50. The molecule has 76 valence electrons. The predicted octanol–water partition coefficient (Wildman–Crippen LogP) is 2.47. The molecule has 1 aromatic rings. The number of benzene rings is 1. The molecule has 2 heteroatoms. The van der Waals surface area contributed by atoms with Crippen LogP contribution in [0, 0.1) is 0 Å².